The zero-order valence-electron chi connectivity index (χ0n) is 10.9. The van der Waals surface area contributed by atoms with Gasteiger partial charge in [0.25, 0.3) is 0 Å². The van der Waals surface area contributed by atoms with Gasteiger partial charge in [0, 0.05) is 24.0 Å². The van der Waals surface area contributed by atoms with Crippen molar-refractivity contribution in [3.8, 4) is 5.88 Å². The first-order chi connectivity index (χ1) is 8.83. The number of methoxy groups -OCH3 is 1. The lowest BCUT2D eigenvalue weighted by Gasteiger charge is -2.37. The first-order valence-corrected chi connectivity index (χ1v) is 7.75. The van der Waals surface area contributed by atoms with Gasteiger partial charge in [0.1, 0.15) is 0 Å². The molecule has 0 saturated heterocycles. The van der Waals surface area contributed by atoms with Gasteiger partial charge in [-0.05, 0) is 31.9 Å². The molecule has 1 aliphatic rings. The first kappa shape index (κ1) is 13.8. The Labute approximate surface area is 118 Å². The summed E-state index contributed by atoms with van der Waals surface area (Å²) in [5.41, 5.74) is 1.11. The second-order valence-electron chi connectivity index (χ2n) is 4.77. The number of ether oxygens (including phenoxy) is 1. The van der Waals surface area contributed by atoms with Gasteiger partial charge >= 0.3 is 0 Å². The van der Waals surface area contributed by atoms with Crippen LogP contribution in [0.4, 0.5) is 0 Å². The molecular formula is C14H21BrN2O. The minimum atomic E-state index is 0.710. The van der Waals surface area contributed by atoms with E-state index in [2.05, 4.69) is 31.9 Å². The number of halogens is 1. The van der Waals surface area contributed by atoms with Crippen molar-refractivity contribution in [2.24, 2.45) is 0 Å². The van der Waals surface area contributed by atoms with E-state index in [1.54, 1.807) is 7.11 Å². The summed E-state index contributed by atoms with van der Waals surface area (Å²) in [6, 6.07) is 6.76. The molecule has 0 atom stereocenters. The van der Waals surface area contributed by atoms with Crippen LogP contribution in [0.3, 0.4) is 0 Å². The number of rotatable bonds is 7. The zero-order valence-corrected chi connectivity index (χ0v) is 12.5. The minimum Gasteiger partial charge on any atom is -0.481 e. The number of alkyl halides is 1. The molecule has 0 amide bonds. The van der Waals surface area contributed by atoms with Crippen LogP contribution in [0.1, 0.15) is 31.4 Å². The Morgan fingerprint density at radius 2 is 2.28 bits per heavy atom. The van der Waals surface area contributed by atoms with Crippen molar-refractivity contribution >= 4 is 15.9 Å². The molecule has 0 radical (unpaired) electrons. The Morgan fingerprint density at radius 3 is 2.89 bits per heavy atom. The quantitative estimate of drug-likeness (QED) is 0.723. The molecule has 0 bridgehead atoms. The maximum absolute atomic E-state index is 5.18. The summed E-state index contributed by atoms with van der Waals surface area (Å²) >= 11 is 3.51. The summed E-state index contributed by atoms with van der Waals surface area (Å²) in [6.45, 7) is 2.09. The van der Waals surface area contributed by atoms with E-state index >= 15 is 0 Å². The summed E-state index contributed by atoms with van der Waals surface area (Å²) in [5, 5.41) is 1.07. The molecule has 0 aromatic carbocycles. The largest absolute Gasteiger partial charge is 0.481 e. The van der Waals surface area contributed by atoms with Gasteiger partial charge in [-0.25, -0.2) is 4.98 Å². The van der Waals surface area contributed by atoms with Gasteiger partial charge in [0.2, 0.25) is 5.88 Å². The molecule has 1 aliphatic carbocycles. The van der Waals surface area contributed by atoms with Crippen LogP contribution in [0, 0.1) is 0 Å². The van der Waals surface area contributed by atoms with Crippen molar-refractivity contribution < 1.29 is 4.74 Å². The van der Waals surface area contributed by atoms with Crippen molar-refractivity contribution in [3.63, 3.8) is 0 Å². The SMILES string of the molecule is COc1cccc(CN(CCCBr)C2CCC2)n1. The lowest BCUT2D eigenvalue weighted by Crippen LogP contribution is -2.40. The predicted octanol–water partition coefficient (Wildman–Crippen LogP) is 3.23. The Morgan fingerprint density at radius 1 is 1.44 bits per heavy atom. The van der Waals surface area contributed by atoms with E-state index in [0.717, 1.165) is 30.2 Å². The molecule has 0 N–H and O–H groups in total. The van der Waals surface area contributed by atoms with Crippen LogP contribution in [0.15, 0.2) is 18.2 Å². The molecule has 1 saturated carbocycles. The third-order valence-electron chi connectivity index (χ3n) is 3.53. The maximum Gasteiger partial charge on any atom is 0.213 e. The van der Waals surface area contributed by atoms with Crippen molar-refractivity contribution in [3.05, 3.63) is 23.9 Å². The highest BCUT2D eigenvalue weighted by Crippen LogP contribution is 2.26. The molecular weight excluding hydrogens is 292 g/mol. The second kappa shape index (κ2) is 7.10. The fraction of sp³-hybridized carbons (Fsp3) is 0.643. The molecule has 2 rings (SSSR count). The predicted molar refractivity (Wildman–Crippen MR) is 77.2 cm³/mol. The van der Waals surface area contributed by atoms with Crippen molar-refractivity contribution in [2.75, 3.05) is 19.0 Å². The summed E-state index contributed by atoms with van der Waals surface area (Å²) < 4.78 is 5.18. The summed E-state index contributed by atoms with van der Waals surface area (Å²) in [6.07, 6.45) is 5.25. The summed E-state index contributed by atoms with van der Waals surface area (Å²) in [7, 11) is 1.67. The molecule has 1 fully saturated rings. The van der Waals surface area contributed by atoms with E-state index in [4.69, 9.17) is 4.74 Å². The number of nitrogens with zero attached hydrogens (tertiary/aromatic N) is 2. The molecule has 0 spiro atoms. The maximum atomic E-state index is 5.18. The van der Waals surface area contributed by atoms with Crippen LogP contribution < -0.4 is 4.74 Å². The average molecular weight is 313 g/mol. The molecule has 3 nitrogen and oxygen atoms in total. The highest BCUT2D eigenvalue weighted by atomic mass is 79.9. The Hall–Kier alpha value is -0.610. The van der Waals surface area contributed by atoms with E-state index in [9.17, 15) is 0 Å². The average Bonchev–Trinajstić information content (AvgIpc) is 2.34. The first-order valence-electron chi connectivity index (χ1n) is 6.63. The zero-order chi connectivity index (χ0) is 12.8. The van der Waals surface area contributed by atoms with Gasteiger partial charge in [-0.1, -0.05) is 28.4 Å². The van der Waals surface area contributed by atoms with E-state index < -0.39 is 0 Å². The lowest BCUT2D eigenvalue weighted by atomic mass is 9.91. The second-order valence-corrected chi connectivity index (χ2v) is 5.56. The molecule has 0 unspecified atom stereocenters. The fourth-order valence-corrected chi connectivity index (χ4v) is 2.52. The van der Waals surface area contributed by atoms with Crippen LogP contribution in [-0.2, 0) is 6.54 Å². The van der Waals surface area contributed by atoms with Crippen LogP contribution in [-0.4, -0.2) is 34.9 Å². The molecule has 4 heteroatoms. The molecule has 1 aromatic heterocycles. The molecule has 1 aromatic rings. The number of aromatic nitrogens is 1. The van der Waals surface area contributed by atoms with E-state index in [1.807, 2.05) is 12.1 Å². The normalized spacial score (nSPS) is 15.7. The van der Waals surface area contributed by atoms with Gasteiger partial charge < -0.3 is 4.74 Å². The molecule has 100 valence electrons. The van der Waals surface area contributed by atoms with Gasteiger partial charge in [0.05, 0.1) is 12.8 Å². The van der Waals surface area contributed by atoms with Crippen molar-refractivity contribution in [1.29, 1.82) is 0 Å². The highest BCUT2D eigenvalue weighted by molar-refractivity contribution is 9.09. The lowest BCUT2D eigenvalue weighted by molar-refractivity contribution is 0.118. The third kappa shape index (κ3) is 3.69. The van der Waals surface area contributed by atoms with Crippen LogP contribution in [0.25, 0.3) is 0 Å². The van der Waals surface area contributed by atoms with Crippen LogP contribution in [0.5, 0.6) is 5.88 Å². The van der Waals surface area contributed by atoms with Gasteiger partial charge in [-0.3, -0.25) is 4.90 Å². The third-order valence-corrected chi connectivity index (χ3v) is 4.09. The Bertz CT molecular complexity index is 369. The number of hydrogen-bond donors (Lipinski definition) is 0. The van der Waals surface area contributed by atoms with E-state index in [-0.39, 0.29) is 0 Å². The molecule has 0 aliphatic heterocycles. The van der Waals surface area contributed by atoms with Crippen LogP contribution in [0.2, 0.25) is 0 Å². The van der Waals surface area contributed by atoms with Gasteiger partial charge in [-0.2, -0.15) is 0 Å². The topological polar surface area (TPSA) is 25.4 Å². The van der Waals surface area contributed by atoms with Gasteiger partial charge in [0.15, 0.2) is 0 Å². The summed E-state index contributed by atoms with van der Waals surface area (Å²) in [4.78, 5) is 7.07. The van der Waals surface area contributed by atoms with E-state index in [0.29, 0.717) is 5.88 Å². The Balaban J connectivity index is 1.97. The fourth-order valence-electron chi connectivity index (χ4n) is 2.27. The van der Waals surface area contributed by atoms with Crippen LogP contribution >= 0.6 is 15.9 Å². The monoisotopic (exact) mass is 312 g/mol. The molecule has 1 heterocycles. The van der Waals surface area contributed by atoms with E-state index in [1.165, 1.54) is 25.7 Å². The summed E-state index contributed by atoms with van der Waals surface area (Å²) in [5.74, 6) is 0.710. The number of pyridine rings is 1. The number of hydrogen-bond acceptors (Lipinski definition) is 3. The minimum absolute atomic E-state index is 0.710. The van der Waals surface area contributed by atoms with Crippen molar-refractivity contribution in [1.82, 2.24) is 9.88 Å². The Kier molecular flexibility index (Phi) is 5.45. The molecule has 18 heavy (non-hydrogen) atoms. The van der Waals surface area contributed by atoms with Crippen molar-refractivity contribution in [2.45, 2.75) is 38.3 Å². The highest BCUT2D eigenvalue weighted by Gasteiger charge is 2.24. The van der Waals surface area contributed by atoms with Gasteiger partial charge in [-0.15, -0.1) is 0 Å². The smallest absolute Gasteiger partial charge is 0.213 e. The standard InChI is InChI=1S/C14H21BrN2O/c1-18-14-8-2-5-12(16-14)11-17(10-4-9-15)13-6-3-7-13/h2,5,8,13H,3-4,6-7,9-11H2,1H3.